The van der Waals surface area contributed by atoms with Gasteiger partial charge in [-0.25, -0.2) is 4.39 Å². The van der Waals surface area contributed by atoms with Crippen molar-refractivity contribution in [3.05, 3.63) is 35.8 Å². The maximum atomic E-state index is 13.8. The van der Waals surface area contributed by atoms with Gasteiger partial charge in [0.25, 0.3) is 0 Å². The summed E-state index contributed by atoms with van der Waals surface area (Å²) >= 11 is 0. The number of benzene rings is 1. The molecule has 0 fully saturated rings. The lowest BCUT2D eigenvalue weighted by Gasteiger charge is -2.18. The molecule has 0 amide bonds. The van der Waals surface area contributed by atoms with Gasteiger partial charge in [0.1, 0.15) is 5.69 Å². The van der Waals surface area contributed by atoms with E-state index in [1.165, 1.54) is 19.2 Å². The van der Waals surface area contributed by atoms with E-state index in [0.717, 1.165) is 6.29 Å². The molecule has 1 heterocycles. The predicted molar refractivity (Wildman–Crippen MR) is 74.6 cm³/mol. The molecule has 0 saturated heterocycles. The van der Waals surface area contributed by atoms with Crippen LogP contribution in [0, 0.1) is 5.82 Å². The molecule has 1 aromatic heterocycles. The minimum atomic E-state index is -0.479. The van der Waals surface area contributed by atoms with Crippen LogP contribution in [-0.2, 0) is 5.54 Å². The van der Waals surface area contributed by atoms with Crippen molar-refractivity contribution in [3.8, 4) is 17.0 Å². The topological polar surface area (TPSA) is 44.1 Å². The molecule has 2 rings (SSSR count). The molecule has 0 atom stereocenters. The van der Waals surface area contributed by atoms with Gasteiger partial charge in [-0.2, -0.15) is 5.10 Å². The van der Waals surface area contributed by atoms with Crippen molar-refractivity contribution >= 4 is 6.29 Å². The van der Waals surface area contributed by atoms with E-state index in [1.807, 2.05) is 20.8 Å². The minimum absolute atomic E-state index is 0.164. The SMILES string of the molecule is COc1ccc(-c2nn(C(C)(C)C)cc2C=O)cc1F. The Bertz CT molecular complexity index is 642. The lowest BCUT2D eigenvalue weighted by Crippen LogP contribution is -2.22. The minimum Gasteiger partial charge on any atom is -0.494 e. The zero-order valence-corrected chi connectivity index (χ0v) is 12.0. The maximum Gasteiger partial charge on any atom is 0.165 e. The molecule has 0 aliphatic rings. The second kappa shape index (κ2) is 5.07. The number of halogens is 1. The van der Waals surface area contributed by atoms with Crippen LogP contribution in [0.2, 0.25) is 0 Å². The first-order valence-corrected chi connectivity index (χ1v) is 6.26. The maximum absolute atomic E-state index is 13.8. The Balaban J connectivity index is 2.54. The van der Waals surface area contributed by atoms with Gasteiger partial charge in [-0.15, -0.1) is 0 Å². The molecular formula is C15H17FN2O2. The molecular weight excluding hydrogens is 259 g/mol. The summed E-state index contributed by atoms with van der Waals surface area (Å²) in [6.45, 7) is 5.94. The number of methoxy groups -OCH3 is 1. The van der Waals surface area contributed by atoms with Crippen molar-refractivity contribution in [3.63, 3.8) is 0 Å². The van der Waals surface area contributed by atoms with Crippen LogP contribution in [0.15, 0.2) is 24.4 Å². The van der Waals surface area contributed by atoms with Crippen molar-refractivity contribution in [2.75, 3.05) is 7.11 Å². The summed E-state index contributed by atoms with van der Waals surface area (Å²) in [4.78, 5) is 11.2. The second-order valence-corrected chi connectivity index (χ2v) is 5.52. The van der Waals surface area contributed by atoms with Gasteiger partial charge in [-0.1, -0.05) is 0 Å². The molecule has 0 bridgehead atoms. The molecule has 1 aromatic carbocycles. The molecule has 0 aliphatic carbocycles. The Labute approximate surface area is 117 Å². The smallest absolute Gasteiger partial charge is 0.165 e. The van der Waals surface area contributed by atoms with E-state index >= 15 is 0 Å². The fourth-order valence-electron chi connectivity index (χ4n) is 1.86. The van der Waals surface area contributed by atoms with Crippen molar-refractivity contribution in [2.45, 2.75) is 26.3 Å². The Morgan fingerprint density at radius 2 is 2.05 bits per heavy atom. The number of aromatic nitrogens is 2. The van der Waals surface area contributed by atoms with Crippen LogP contribution in [0.5, 0.6) is 5.75 Å². The van der Waals surface area contributed by atoms with Crippen molar-refractivity contribution in [1.29, 1.82) is 0 Å². The third-order valence-corrected chi connectivity index (χ3v) is 2.98. The highest BCUT2D eigenvalue weighted by molar-refractivity contribution is 5.85. The van der Waals surface area contributed by atoms with Crippen LogP contribution in [0.4, 0.5) is 4.39 Å². The van der Waals surface area contributed by atoms with Crippen molar-refractivity contribution in [1.82, 2.24) is 9.78 Å². The average molecular weight is 276 g/mol. The zero-order valence-electron chi connectivity index (χ0n) is 12.0. The highest BCUT2D eigenvalue weighted by Gasteiger charge is 2.19. The molecule has 0 unspecified atom stereocenters. The number of nitrogens with zero attached hydrogens (tertiary/aromatic N) is 2. The van der Waals surface area contributed by atoms with Gasteiger partial charge in [0.2, 0.25) is 0 Å². The van der Waals surface area contributed by atoms with Gasteiger partial charge in [0.05, 0.1) is 18.2 Å². The Hall–Kier alpha value is -2.17. The van der Waals surface area contributed by atoms with E-state index in [-0.39, 0.29) is 11.3 Å². The average Bonchev–Trinajstić information content (AvgIpc) is 2.82. The van der Waals surface area contributed by atoms with Crippen molar-refractivity contribution in [2.24, 2.45) is 0 Å². The lowest BCUT2D eigenvalue weighted by atomic mass is 10.1. The predicted octanol–water partition coefficient (Wildman–Crippen LogP) is 3.27. The van der Waals surface area contributed by atoms with Crippen LogP contribution < -0.4 is 4.74 Å². The first-order chi connectivity index (χ1) is 9.36. The molecule has 0 spiro atoms. The monoisotopic (exact) mass is 276 g/mol. The Morgan fingerprint density at radius 1 is 1.35 bits per heavy atom. The van der Waals surface area contributed by atoms with Crippen molar-refractivity contribution < 1.29 is 13.9 Å². The van der Waals surface area contributed by atoms with Gasteiger partial charge < -0.3 is 4.74 Å². The van der Waals surface area contributed by atoms with E-state index in [4.69, 9.17) is 4.74 Å². The molecule has 106 valence electrons. The molecule has 4 nitrogen and oxygen atoms in total. The van der Waals surface area contributed by atoms with E-state index in [0.29, 0.717) is 16.8 Å². The summed E-state index contributed by atoms with van der Waals surface area (Å²) in [5.74, 6) is -0.316. The normalized spacial score (nSPS) is 11.4. The first kappa shape index (κ1) is 14.2. The highest BCUT2D eigenvalue weighted by Crippen LogP contribution is 2.27. The lowest BCUT2D eigenvalue weighted by molar-refractivity contribution is 0.112. The standard InChI is InChI=1S/C15H17FN2O2/c1-15(2,3)18-8-11(9-19)14(17-18)10-5-6-13(20-4)12(16)7-10/h5-9H,1-4H3. The van der Waals surface area contributed by atoms with E-state index < -0.39 is 5.82 Å². The van der Waals surface area contributed by atoms with E-state index in [1.54, 1.807) is 16.9 Å². The number of hydrogen-bond acceptors (Lipinski definition) is 3. The van der Waals surface area contributed by atoms with Gasteiger partial charge in [-0.05, 0) is 39.0 Å². The number of hydrogen-bond donors (Lipinski definition) is 0. The fraction of sp³-hybridized carbons (Fsp3) is 0.333. The second-order valence-electron chi connectivity index (χ2n) is 5.52. The van der Waals surface area contributed by atoms with Gasteiger partial charge in [0, 0.05) is 11.8 Å². The summed E-state index contributed by atoms with van der Waals surface area (Å²) < 4.78 is 20.3. The van der Waals surface area contributed by atoms with Crippen LogP contribution >= 0.6 is 0 Å². The molecule has 20 heavy (non-hydrogen) atoms. The van der Waals surface area contributed by atoms with Gasteiger partial charge in [-0.3, -0.25) is 9.48 Å². The Morgan fingerprint density at radius 3 is 2.55 bits per heavy atom. The molecule has 2 aromatic rings. The molecule has 0 saturated carbocycles. The molecule has 0 aliphatic heterocycles. The zero-order chi connectivity index (χ0) is 14.9. The van der Waals surface area contributed by atoms with Crippen LogP contribution in [0.1, 0.15) is 31.1 Å². The third-order valence-electron chi connectivity index (χ3n) is 2.98. The number of rotatable bonds is 3. The summed E-state index contributed by atoms with van der Waals surface area (Å²) in [7, 11) is 1.41. The number of carbonyl (C=O) groups is 1. The number of aldehydes is 1. The van der Waals surface area contributed by atoms with E-state index in [9.17, 15) is 9.18 Å². The van der Waals surface area contributed by atoms with E-state index in [2.05, 4.69) is 5.10 Å². The fourth-order valence-corrected chi connectivity index (χ4v) is 1.86. The van der Waals surface area contributed by atoms with Crippen LogP contribution in [-0.4, -0.2) is 23.2 Å². The van der Waals surface area contributed by atoms with Crippen LogP contribution in [0.3, 0.4) is 0 Å². The quantitative estimate of drug-likeness (QED) is 0.808. The third kappa shape index (κ3) is 2.57. The number of ether oxygens (including phenoxy) is 1. The number of carbonyl (C=O) groups excluding carboxylic acids is 1. The van der Waals surface area contributed by atoms with Crippen LogP contribution in [0.25, 0.3) is 11.3 Å². The summed E-state index contributed by atoms with van der Waals surface area (Å²) in [6.07, 6.45) is 2.40. The van der Waals surface area contributed by atoms with Gasteiger partial charge >= 0.3 is 0 Å². The first-order valence-electron chi connectivity index (χ1n) is 6.26. The van der Waals surface area contributed by atoms with Gasteiger partial charge in [0.15, 0.2) is 17.9 Å². The summed E-state index contributed by atoms with van der Waals surface area (Å²) in [6, 6.07) is 4.53. The Kier molecular flexibility index (Phi) is 3.61. The molecule has 0 N–H and O–H groups in total. The largest absolute Gasteiger partial charge is 0.494 e. The summed E-state index contributed by atoms with van der Waals surface area (Å²) in [5, 5.41) is 4.40. The molecule has 5 heteroatoms. The highest BCUT2D eigenvalue weighted by atomic mass is 19.1. The molecule has 0 radical (unpaired) electrons. The summed E-state index contributed by atoms with van der Waals surface area (Å²) in [5.41, 5.74) is 1.20.